The Labute approximate surface area is 119 Å². The van der Waals surface area contributed by atoms with Gasteiger partial charge in [0.25, 0.3) is 0 Å². The third-order valence-corrected chi connectivity index (χ3v) is 3.67. The van der Waals surface area contributed by atoms with Gasteiger partial charge in [0.2, 0.25) is 0 Å². The lowest BCUT2D eigenvalue weighted by atomic mass is 9.97. The number of hydrogen-bond donors (Lipinski definition) is 0. The van der Waals surface area contributed by atoms with Gasteiger partial charge >= 0.3 is 0 Å². The molecular formula is C16H21N3O. The van der Waals surface area contributed by atoms with Gasteiger partial charge in [-0.25, -0.2) is 4.68 Å². The van der Waals surface area contributed by atoms with Gasteiger partial charge in [0.05, 0.1) is 11.4 Å². The molecule has 0 radical (unpaired) electrons. The predicted octanol–water partition coefficient (Wildman–Crippen LogP) is 3.60. The van der Waals surface area contributed by atoms with Gasteiger partial charge in [-0.15, -0.1) is 5.10 Å². The summed E-state index contributed by atoms with van der Waals surface area (Å²) in [5.74, 6) is 0.297. The average Bonchev–Trinajstić information content (AvgIpc) is 2.83. The van der Waals surface area contributed by atoms with Gasteiger partial charge in [0, 0.05) is 5.92 Å². The van der Waals surface area contributed by atoms with Crippen molar-refractivity contribution in [3.63, 3.8) is 0 Å². The highest BCUT2D eigenvalue weighted by molar-refractivity contribution is 5.74. The number of carbonyl (C=O) groups is 1. The van der Waals surface area contributed by atoms with Crippen LogP contribution >= 0.6 is 0 Å². The summed E-state index contributed by atoms with van der Waals surface area (Å²) in [6.07, 6.45) is 2.74. The van der Waals surface area contributed by atoms with E-state index in [9.17, 15) is 4.79 Å². The van der Waals surface area contributed by atoms with E-state index in [1.54, 1.807) is 0 Å². The molecule has 0 bridgehead atoms. The lowest BCUT2D eigenvalue weighted by Gasteiger charge is -2.15. The number of benzene rings is 1. The zero-order valence-corrected chi connectivity index (χ0v) is 12.6. The second kappa shape index (κ2) is 5.99. The van der Waals surface area contributed by atoms with Crippen LogP contribution in [0.15, 0.2) is 18.2 Å². The second-order valence-corrected chi connectivity index (χ2v) is 5.25. The van der Waals surface area contributed by atoms with Crippen molar-refractivity contribution in [2.24, 2.45) is 0 Å². The monoisotopic (exact) mass is 271 g/mol. The summed E-state index contributed by atoms with van der Waals surface area (Å²) in [7, 11) is 0. The maximum atomic E-state index is 11.2. The van der Waals surface area contributed by atoms with E-state index in [1.165, 1.54) is 11.1 Å². The van der Waals surface area contributed by atoms with Crippen molar-refractivity contribution < 1.29 is 4.79 Å². The largest absolute Gasteiger partial charge is 0.296 e. The second-order valence-electron chi connectivity index (χ2n) is 5.25. The molecule has 0 N–H and O–H groups in total. The molecule has 2 rings (SSSR count). The first-order valence-electron chi connectivity index (χ1n) is 7.10. The molecule has 2 aromatic rings. The van der Waals surface area contributed by atoms with E-state index in [4.69, 9.17) is 0 Å². The van der Waals surface area contributed by atoms with Crippen molar-refractivity contribution in [2.75, 3.05) is 0 Å². The minimum Gasteiger partial charge on any atom is -0.296 e. The number of aldehydes is 1. The molecule has 0 unspecified atom stereocenters. The first-order valence-corrected chi connectivity index (χ1v) is 7.10. The van der Waals surface area contributed by atoms with E-state index in [0.717, 1.165) is 30.5 Å². The maximum Gasteiger partial charge on any atom is 0.172 e. The first kappa shape index (κ1) is 14.4. The smallest absolute Gasteiger partial charge is 0.172 e. The molecule has 1 aromatic carbocycles. The minimum absolute atomic E-state index is 0.297. The fourth-order valence-corrected chi connectivity index (χ4v) is 2.71. The summed E-state index contributed by atoms with van der Waals surface area (Å²) in [6.45, 7) is 8.37. The van der Waals surface area contributed by atoms with Crippen LogP contribution in [-0.2, 0) is 0 Å². The van der Waals surface area contributed by atoms with E-state index in [1.807, 2.05) is 4.68 Å². The number of aromatic nitrogens is 3. The Hall–Kier alpha value is -1.97. The minimum atomic E-state index is 0.297. The van der Waals surface area contributed by atoms with E-state index in [-0.39, 0.29) is 0 Å². The Morgan fingerprint density at radius 3 is 2.25 bits per heavy atom. The van der Waals surface area contributed by atoms with Crippen LogP contribution in [0, 0.1) is 13.8 Å². The Kier molecular flexibility index (Phi) is 4.32. The van der Waals surface area contributed by atoms with Crippen LogP contribution in [0.3, 0.4) is 0 Å². The first-order chi connectivity index (χ1) is 9.60. The van der Waals surface area contributed by atoms with Crippen LogP contribution in [0.1, 0.15) is 59.9 Å². The van der Waals surface area contributed by atoms with Crippen molar-refractivity contribution in [2.45, 2.75) is 46.5 Å². The fraction of sp³-hybridized carbons (Fsp3) is 0.438. The highest BCUT2D eigenvalue weighted by Crippen LogP contribution is 2.27. The third kappa shape index (κ3) is 2.64. The summed E-state index contributed by atoms with van der Waals surface area (Å²) in [5.41, 5.74) is 4.72. The molecule has 4 heteroatoms. The molecule has 0 amide bonds. The molecular weight excluding hydrogens is 250 g/mol. The number of nitrogens with zero attached hydrogens (tertiary/aromatic N) is 3. The highest BCUT2D eigenvalue weighted by atomic mass is 16.1. The lowest BCUT2D eigenvalue weighted by Crippen LogP contribution is -2.09. The van der Waals surface area contributed by atoms with Crippen LogP contribution in [0.25, 0.3) is 5.69 Å². The summed E-state index contributed by atoms with van der Waals surface area (Å²) >= 11 is 0. The SMILES string of the molecule is CCC(CC)c1c(C=O)nnn1-c1cc(C)cc(C)c1. The quantitative estimate of drug-likeness (QED) is 0.781. The van der Waals surface area contributed by atoms with Crippen molar-refractivity contribution in [3.05, 3.63) is 40.7 Å². The molecule has 0 fully saturated rings. The molecule has 0 atom stereocenters. The Morgan fingerprint density at radius 1 is 1.15 bits per heavy atom. The zero-order valence-electron chi connectivity index (χ0n) is 12.6. The van der Waals surface area contributed by atoms with Crippen molar-refractivity contribution in [1.29, 1.82) is 0 Å². The average molecular weight is 271 g/mol. The summed E-state index contributed by atoms with van der Waals surface area (Å²) < 4.78 is 1.82. The fourth-order valence-electron chi connectivity index (χ4n) is 2.71. The molecule has 20 heavy (non-hydrogen) atoms. The number of aryl methyl sites for hydroxylation is 2. The molecule has 0 spiro atoms. The molecule has 1 aromatic heterocycles. The van der Waals surface area contributed by atoms with Gasteiger partial charge in [-0.1, -0.05) is 25.1 Å². The van der Waals surface area contributed by atoms with Crippen molar-refractivity contribution >= 4 is 6.29 Å². The summed E-state index contributed by atoms with van der Waals surface area (Å²) in [4.78, 5) is 11.2. The third-order valence-electron chi connectivity index (χ3n) is 3.67. The van der Waals surface area contributed by atoms with Gasteiger partial charge in [0.15, 0.2) is 6.29 Å². The van der Waals surface area contributed by atoms with Gasteiger partial charge in [-0.05, 0) is 49.9 Å². The molecule has 4 nitrogen and oxygen atoms in total. The summed E-state index contributed by atoms with van der Waals surface area (Å²) in [5, 5.41) is 8.22. The molecule has 0 aliphatic heterocycles. The number of rotatable bonds is 5. The van der Waals surface area contributed by atoms with Crippen LogP contribution in [0.4, 0.5) is 0 Å². The molecule has 0 aliphatic carbocycles. The van der Waals surface area contributed by atoms with E-state index < -0.39 is 0 Å². The van der Waals surface area contributed by atoms with E-state index in [2.05, 4.69) is 56.2 Å². The number of carbonyl (C=O) groups excluding carboxylic acids is 1. The predicted molar refractivity (Wildman–Crippen MR) is 79.5 cm³/mol. The maximum absolute atomic E-state index is 11.2. The Balaban J connectivity index is 2.62. The van der Waals surface area contributed by atoms with Gasteiger partial charge in [0.1, 0.15) is 5.69 Å². The van der Waals surface area contributed by atoms with Gasteiger partial charge < -0.3 is 0 Å². The molecule has 106 valence electrons. The highest BCUT2D eigenvalue weighted by Gasteiger charge is 2.20. The van der Waals surface area contributed by atoms with Gasteiger partial charge in [-0.3, -0.25) is 4.79 Å². The Morgan fingerprint density at radius 2 is 1.75 bits per heavy atom. The van der Waals surface area contributed by atoms with Crippen LogP contribution in [0.5, 0.6) is 0 Å². The Bertz CT molecular complexity index is 592. The molecule has 0 saturated heterocycles. The number of hydrogen-bond acceptors (Lipinski definition) is 3. The normalized spacial score (nSPS) is 11.1. The molecule has 0 saturated carbocycles. The van der Waals surface area contributed by atoms with E-state index >= 15 is 0 Å². The topological polar surface area (TPSA) is 47.8 Å². The zero-order chi connectivity index (χ0) is 14.7. The van der Waals surface area contributed by atoms with Crippen LogP contribution in [0.2, 0.25) is 0 Å². The molecule has 0 aliphatic rings. The lowest BCUT2D eigenvalue weighted by molar-refractivity contribution is 0.111. The van der Waals surface area contributed by atoms with Crippen molar-refractivity contribution in [1.82, 2.24) is 15.0 Å². The van der Waals surface area contributed by atoms with Crippen LogP contribution < -0.4 is 0 Å². The summed E-state index contributed by atoms with van der Waals surface area (Å²) in [6, 6.07) is 6.27. The molecule has 1 heterocycles. The van der Waals surface area contributed by atoms with E-state index in [0.29, 0.717) is 11.6 Å². The van der Waals surface area contributed by atoms with Crippen molar-refractivity contribution in [3.8, 4) is 5.69 Å². The van der Waals surface area contributed by atoms with Gasteiger partial charge in [-0.2, -0.15) is 0 Å². The van der Waals surface area contributed by atoms with Crippen LogP contribution in [-0.4, -0.2) is 21.3 Å². The standard InChI is InChI=1S/C16H21N3O/c1-5-13(6-2)16-15(10-20)17-18-19(16)14-8-11(3)7-12(4)9-14/h7-10,13H,5-6H2,1-4H3.